The van der Waals surface area contributed by atoms with Gasteiger partial charge in [-0.25, -0.2) is 0 Å². The second-order valence-corrected chi connectivity index (χ2v) is 9.20. The van der Waals surface area contributed by atoms with Crippen molar-refractivity contribution in [3.8, 4) is 23.8 Å². The minimum atomic E-state index is -0.167. The van der Waals surface area contributed by atoms with E-state index in [1.54, 1.807) is 6.08 Å². The van der Waals surface area contributed by atoms with Crippen LogP contribution < -0.4 is 14.4 Å². The molecule has 0 spiro atoms. The van der Waals surface area contributed by atoms with Crippen LogP contribution in [0.5, 0.6) is 11.5 Å². The first-order valence-corrected chi connectivity index (χ1v) is 11.3. The summed E-state index contributed by atoms with van der Waals surface area (Å²) < 4.78 is 13.3. The Morgan fingerprint density at radius 2 is 2.07 bits per heavy atom. The van der Waals surface area contributed by atoms with Gasteiger partial charge in [-0.05, 0) is 64.8 Å². The molecule has 0 radical (unpaired) electrons. The first kappa shape index (κ1) is 21.9. The molecule has 29 heavy (non-hydrogen) atoms. The van der Waals surface area contributed by atoms with E-state index in [1.165, 1.54) is 16.7 Å². The molecule has 2 aromatic rings. The van der Waals surface area contributed by atoms with E-state index < -0.39 is 0 Å². The van der Waals surface area contributed by atoms with Crippen LogP contribution in [-0.2, 0) is 4.79 Å². The maximum atomic E-state index is 13.0. The van der Waals surface area contributed by atoms with Crippen molar-refractivity contribution in [1.82, 2.24) is 0 Å². The summed E-state index contributed by atoms with van der Waals surface area (Å²) in [7, 11) is 0. The Kier molecular flexibility index (Phi) is 7.41. The molecule has 0 aliphatic carbocycles. The Labute approximate surface area is 195 Å². The van der Waals surface area contributed by atoms with Gasteiger partial charge in [-0.2, -0.15) is 0 Å². The Morgan fingerprint density at radius 1 is 1.28 bits per heavy atom. The van der Waals surface area contributed by atoms with Crippen molar-refractivity contribution in [3.05, 3.63) is 55.8 Å². The smallest absolute Gasteiger partial charge is 0.270 e. The highest BCUT2D eigenvalue weighted by Crippen LogP contribution is 2.40. The van der Waals surface area contributed by atoms with Crippen LogP contribution in [0.2, 0.25) is 0 Å². The lowest BCUT2D eigenvalue weighted by Gasteiger charge is -2.14. The average molecular weight is 553 g/mol. The van der Waals surface area contributed by atoms with E-state index in [-0.39, 0.29) is 12.5 Å². The lowest BCUT2D eigenvalue weighted by Crippen LogP contribution is -2.27. The third-order valence-corrected chi connectivity index (χ3v) is 6.17. The normalized spacial score (nSPS) is 15.0. The molecule has 0 bridgehead atoms. The zero-order valence-corrected chi connectivity index (χ0v) is 20.1. The number of anilines is 1. The molecule has 4 nitrogen and oxygen atoms in total. The molecular weight excluding hydrogens is 538 g/mol. The molecular formula is C21H15Br2NO3S2. The number of halogens is 2. The molecule has 148 valence electrons. The van der Waals surface area contributed by atoms with Crippen molar-refractivity contribution >= 4 is 77.8 Å². The Morgan fingerprint density at radius 3 is 2.76 bits per heavy atom. The maximum absolute atomic E-state index is 13.0. The standard InChI is InChI=1S/C21H15Br2NO3S2/c1-3-8-27-19-16(23)9-13(10-17(19)26-4-2)11-18-20(25)24(21(28)29-18)15-7-5-6-14(22)12-15/h1,5-7,9-12H,4,8H2,2H3/b18-11-. The Bertz CT molecular complexity index is 1050. The van der Waals surface area contributed by atoms with E-state index in [2.05, 4.69) is 37.8 Å². The number of thiocarbonyl (C=S) groups is 1. The third-order valence-electron chi connectivity index (χ3n) is 3.79. The Hall–Kier alpha value is -1.79. The van der Waals surface area contributed by atoms with E-state index >= 15 is 0 Å². The van der Waals surface area contributed by atoms with E-state index in [4.69, 9.17) is 28.1 Å². The fourth-order valence-electron chi connectivity index (χ4n) is 2.65. The van der Waals surface area contributed by atoms with Crippen molar-refractivity contribution in [1.29, 1.82) is 0 Å². The summed E-state index contributed by atoms with van der Waals surface area (Å²) in [5, 5.41) is 0. The number of hydrogen-bond donors (Lipinski definition) is 0. The minimum absolute atomic E-state index is 0.128. The minimum Gasteiger partial charge on any atom is -0.490 e. The van der Waals surface area contributed by atoms with Gasteiger partial charge in [0, 0.05) is 4.47 Å². The summed E-state index contributed by atoms with van der Waals surface area (Å²) in [5.41, 5.74) is 1.50. The van der Waals surface area contributed by atoms with Gasteiger partial charge in [0.2, 0.25) is 0 Å². The summed E-state index contributed by atoms with van der Waals surface area (Å²) in [4.78, 5) is 15.0. The van der Waals surface area contributed by atoms with E-state index in [0.29, 0.717) is 31.8 Å². The van der Waals surface area contributed by atoms with Crippen LogP contribution in [-0.4, -0.2) is 23.4 Å². The molecule has 1 aliphatic heterocycles. The van der Waals surface area contributed by atoms with E-state index in [1.807, 2.05) is 43.3 Å². The van der Waals surface area contributed by atoms with Gasteiger partial charge in [-0.15, -0.1) is 6.42 Å². The first-order chi connectivity index (χ1) is 13.9. The SMILES string of the molecule is C#CCOc1c(Br)cc(/C=C2\SC(=S)N(c3cccc(Br)c3)C2=O)cc1OCC. The average Bonchev–Trinajstić information content (AvgIpc) is 2.94. The summed E-state index contributed by atoms with van der Waals surface area (Å²) in [6.07, 6.45) is 7.07. The predicted octanol–water partition coefficient (Wildman–Crippen LogP) is 6.03. The van der Waals surface area contributed by atoms with Gasteiger partial charge < -0.3 is 9.47 Å². The molecule has 2 aromatic carbocycles. The van der Waals surface area contributed by atoms with Crippen LogP contribution >= 0.6 is 55.8 Å². The fraction of sp³-hybridized carbons (Fsp3) is 0.143. The number of amides is 1. The zero-order valence-electron chi connectivity index (χ0n) is 15.3. The molecule has 0 unspecified atom stereocenters. The van der Waals surface area contributed by atoms with Gasteiger partial charge in [0.1, 0.15) is 6.61 Å². The third kappa shape index (κ3) is 5.04. The molecule has 1 heterocycles. The second-order valence-electron chi connectivity index (χ2n) is 5.75. The summed E-state index contributed by atoms with van der Waals surface area (Å²) in [6.45, 7) is 2.48. The number of hydrogen-bond acceptors (Lipinski definition) is 5. The van der Waals surface area contributed by atoms with Crippen LogP contribution in [0.4, 0.5) is 5.69 Å². The fourth-order valence-corrected chi connectivity index (χ4v) is 4.91. The largest absolute Gasteiger partial charge is 0.490 e. The van der Waals surface area contributed by atoms with Crippen molar-refractivity contribution in [2.24, 2.45) is 0 Å². The van der Waals surface area contributed by atoms with E-state index in [0.717, 1.165) is 15.7 Å². The molecule has 8 heteroatoms. The van der Waals surface area contributed by atoms with Crippen molar-refractivity contribution in [2.75, 3.05) is 18.1 Å². The monoisotopic (exact) mass is 551 g/mol. The van der Waals surface area contributed by atoms with Gasteiger partial charge in [0.25, 0.3) is 5.91 Å². The highest BCUT2D eigenvalue weighted by atomic mass is 79.9. The van der Waals surface area contributed by atoms with Crippen LogP contribution in [0.1, 0.15) is 12.5 Å². The van der Waals surface area contributed by atoms with Crippen LogP contribution in [0.3, 0.4) is 0 Å². The van der Waals surface area contributed by atoms with Crippen LogP contribution in [0.25, 0.3) is 6.08 Å². The maximum Gasteiger partial charge on any atom is 0.270 e. The second kappa shape index (κ2) is 9.81. The molecule has 1 saturated heterocycles. The number of nitrogens with zero attached hydrogens (tertiary/aromatic N) is 1. The number of terminal acetylenes is 1. The number of thioether (sulfide) groups is 1. The quantitative estimate of drug-likeness (QED) is 0.248. The lowest BCUT2D eigenvalue weighted by atomic mass is 10.1. The summed E-state index contributed by atoms with van der Waals surface area (Å²) >= 11 is 13.6. The number of carbonyl (C=O) groups is 1. The van der Waals surface area contributed by atoms with Gasteiger partial charge >= 0.3 is 0 Å². The van der Waals surface area contributed by atoms with Gasteiger partial charge in [-0.1, -0.05) is 51.9 Å². The van der Waals surface area contributed by atoms with Gasteiger partial charge in [0.05, 0.1) is 21.7 Å². The first-order valence-electron chi connectivity index (χ1n) is 8.50. The molecule has 1 aliphatic rings. The molecule has 1 amide bonds. The lowest BCUT2D eigenvalue weighted by molar-refractivity contribution is -0.113. The van der Waals surface area contributed by atoms with E-state index in [9.17, 15) is 4.79 Å². The van der Waals surface area contributed by atoms with Crippen LogP contribution in [0.15, 0.2) is 50.2 Å². The van der Waals surface area contributed by atoms with Crippen molar-refractivity contribution < 1.29 is 14.3 Å². The van der Waals surface area contributed by atoms with Crippen LogP contribution in [0, 0.1) is 12.3 Å². The molecule has 3 rings (SSSR count). The predicted molar refractivity (Wildman–Crippen MR) is 129 cm³/mol. The number of rotatable bonds is 6. The Balaban J connectivity index is 1.95. The zero-order chi connectivity index (χ0) is 21.0. The van der Waals surface area contributed by atoms with Crippen molar-refractivity contribution in [2.45, 2.75) is 6.92 Å². The number of benzene rings is 2. The van der Waals surface area contributed by atoms with Gasteiger partial charge in [-0.3, -0.25) is 9.69 Å². The number of ether oxygens (including phenoxy) is 2. The number of carbonyl (C=O) groups excluding carboxylic acids is 1. The molecule has 0 saturated carbocycles. The molecule has 0 aromatic heterocycles. The topological polar surface area (TPSA) is 38.8 Å². The molecule has 0 N–H and O–H groups in total. The van der Waals surface area contributed by atoms with Crippen molar-refractivity contribution in [3.63, 3.8) is 0 Å². The highest BCUT2D eigenvalue weighted by Gasteiger charge is 2.33. The highest BCUT2D eigenvalue weighted by molar-refractivity contribution is 9.10. The summed E-state index contributed by atoms with van der Waals surface area (Å²) in [6, 6.07) is 11.1. The molecule has 1 fully saturated rings. The van der Waals surface area contributed by atoms with Gasteiger partial charge in [0.15, 0.2) is 15.8 Å². The summed E-state index contributed by atoms with van der Waals surface area (Å²) in [5.74, 6) is 3.35. The molecule has 0 atom stereocenters.